The van der Waals surface area contributed by atoms with Gasteiger partial charge in [0.05, 0.1) is 22.1 Å². The van der Waals surface area contributed by atoms with E-state index in [-0.39, 0.29) is 16.2 Å². The Labute approximate surface area is 151 Å². The summed E-state index contributed by atoms with van der Waals surface area (Å²) < 4.78 is 23.9. The van der Waals surface area contributed by atoms with E-state index >= 15 is 0 Å². The molecule has 2 heterocycles. The second kappa shape index (κ2) is 7.28. The summed E-state index contributed by atoms with van der Waals surface area (Å²) in [5.41, 5.74) is 1.11. The number of hydrogen-bond donors (Lipinski definition) is 1. The standard InChI is InChI=1S/C16H13ClFN3O3S/c1-8-11(5-6-23-8)15-20-21-16(24-15)25-9(2)14(22)19-10-3-4-13(18)12(17)7-10/h3-7,9H,1-2H3,(H,19,22). The molecule has 1 atom stereocenters. The van der Waals surface area contributed by atoms with Gasteiger partial charge in [0.2, 0.25) is 5.91 Å². The molecule has 1 aromatic carbocycles. The fourth-order valence-corrected chi connectivity index (χ4v) is 2.86. The molecule has 0 bridgehead atoms. The summed E-state index contributed by atoms with van der Waals surface area (Å²) >= 11 is 6.81. The molecule has 130 valence electrons. The topological polar surface area (TPSA) is 81.2 Å². The molecular weight excluding hydrogens is 369 g/mol. The van der Waals surface area contributed by atoms with Crippen molar-refractivity contribution < 1.29 is 18.0 Å². The van der Waals surface area contributed by atoms with Crippen molar-refractivity contribution in [3.63, 3.8) is 0 Å². The van der Waals surface area contributed by atoms with Gasteiger partial charge >= 0.3 is 0 Å². The van der Waals surface area contributed by atoms with Gasteiger partial charge in [-0.15, -0.1) is 10.2 Å². The van der Waals surface area contributed by atoms with Gasteiger partial charge in [-0.1, -0.05) is 23.4 Å². The average molecular weight is 382 g/mol. The third-order valence-electron chi connectivity index (χ3n) is 3.33. The number of nitrogens with one attached hydrogen (secondary N) is 1. The lowest BCUT2D eigenvalue weighted by Crippen LogP contribution is -2.22. The van der Waals surface area contributed by atoms with Crippen LogP contribution in [0.15, 0.2) is 44.6 Å². The number of carbonyl (C=O) groups is 1. The molecule has 0 aliphatic heterocycles. The molecule has 3 aromatic rings. The largest absolute Gasteiger partial charge is 0.469 e. The molecule has 0 spiro atoms. The van der Waals surface area contributed by atoms with Crippen LogP contribution in [0.1, 0.15) is 12.7 Å². The molecule has 6 nitrogen and oxygen atoms in total. The highest BCUT2D eigenvalue weighted by Crippen LogP contribution is 2.29. The van der Waals surface area contributed by atoms with E-state index in [0.717, 1.165) is 11.8 Å². The molecule has 1 N–H and O–H groups in total. The van der Waals surface area contributed by atoms with Crippen LogP contribution in [0.3, 0.4) is 0 Å². The van der Waals surface area contributed by atoms with Crippen molar-refractivity contribution in [3.8, 4) is 11.5 Å². The summed E-state index contributed by atoms with van der Waals surface area (Å²) in [4.78, 5) is 12.2. The number of furan rings is 1. The molecule has 1 amide bonds. The van der Waals surface area contributed by atoms with Crippen LogP contribution in [-0.4, -0.2) is 21.4 Å². The Morgan fingerprint density at radius 3 is 2.84 bits per heavy atom. The first-order chi connectivity index (χ1) is 11.9. The van der Waals surface area contributed by atoms with Gasteiger partial charge in [0, 0.05) is 5.69 Å². The predicted molar refractivity (Wildman–Crippen MR) is 92.1 cm³/mol. The molecule has 3 rings (SSSR count). The number of aryl methyl sites for hydroxylation is 1. The third kappa shape index (κ3) is 4.02. The van der Waals surface area contributed by atoms with Gasteiger partial charge < -0.3 is 14.2 Å². The maximum absolute atomic E-state index is 13.1. The Balaban J connectivity index is 1.64. The van der Waals surface area contributed by atoms with Gasteiger partial charge in [-0.2, -0.15) is 0 Å². The second-order valence-corrected chi connectivity index (χ2v) is 6.84. The highest BCUT2D eigenvalue weighted by Gasteiger charge is 2.20. The van der Waals surface area contributed by atoms with Crippen LogP contribution >= 0.6 is 23.4 Å². The Kier molecular flexibility index (Phi) is 5.10. The summed E-state index contributed by atoms with van der Waals surface area (Å²) in [5, 5.41) is 10.2. The summed E-state index contributed by atoms with van der Waals surface area (Å²) in [6.07, 6.45) is 1.53. The van der Waals surface area contributed by atoms with Crippen LogP contribution < -0.4 is 5.32 Å². The molecule has 0 aliphatic rings. The zero-order valence-corrected chi connectivity index (χ0v) is 14.8. The molecule has 25 heavy (non-hydrogen) atoms. The number of halogens is 2. The summed E-state index contributed by atoms with van der Waals surface area (Å²) in [5.74, 6) is 0.146. The quantitative estimate of drug-likeness (QED) is 0.653. The summed E-state index contributed by atoms with van der Waals surface area (Å²) in [6.45, 7) is 3.48. The Morgan fingerprint density at radius 1 is 1.36 bits per heavy atom. The minimum atomic E-state index is -0.546. The number of anilines is 1. The second-order valence-electron chi connectivity index (χ2n) is 5.14. The van der Waals surface area contributed by atoms with Crippen LogP contribution in [0.2, 0.25) is 5.02 Å². The van der Waals surface area contributed by atoms with E-state index < -0.39 is 11.1 Å². The number of hydrogen-bond acceptors (Lipinski definition) is 6. The number of aromatic nitrogens is 2. The lowest BCUT2D eigenvalue weighted by Gasteiger charge is -2.10. The molecule has 9 heteroatoms. The van der Waals surface area contributed by atoms with Gasteiger partial charge in [0.1, 0.15) is 11.6 Å². The van der Waals surface area contributed by atoms with Crippen molar-refractivity contribution in [1.82, 2.24) is 10.2 Å². The smallest absolute Gasteiger partial charge is 0.277 e. The first-order valence-electron chi connectivity index (χ1n) is 7.24. The lowest BCUT2D eigenvalue weighted by atomic mass is 10.3. The Hall–Kier alpha value is -2.32. The van der Waals surface area contributed by atoms with Crippen molar-refractivity contribution >= 4 is 35.0 Å². The van der Waals surface area contributed by atoms with Crippen molar-refractivity contribution in [1.29, 1.82) is 0 Å². The molecule has 0 aliphatic carbocycles. The molecule has 0 radical (unpaired) electrons. The van der Waals surface area contributed by atoms with Gasteiger partial charge in [0.15, 0.2) is 0 Å². The summed E-state index contributed by atoms with van der Waals surface area (Å²) in [6, 6.07) is 5.70. The van der Waals surface area contributed by atoms with Gasteiger partial charge in [-0.3, -0.25) is 4.79 Å². The highest BCUT2D eigenvalue weighted by molar-refractivity contribution is 8.00. The average Bonchev–Trinajstić information content (AvgIpc) is 3.19. The van der Waals surface area contributed by atoms with Crippen LogP contribution in [0.25, 0.3) is 11.5 Å². The van der Waals surface area contributed by atoms with Crippen LogP contribution in [0, 0.1) is 12.7 Å². The van der Waals surface area contributed by atoms with Crippen LogP contribution in [0.5, 0.6) is 0 Å². The fourth-order valence-electron chi connectivity index (χ4n) is 2.00. The zero-order chi connectivity index (χ0) is 18.0. The number of nitrogens with zero attached hydrogens (tertiary/aromatic N) is 2. The van der Waals surface area contributed by atoms with Crippen molar-refractivity contribution in [2.24, 2.45) is 0 Å². The fraction of sp³-hybridized carbons (Fsp3) is 0.188. The van der Waals surface area contributed by atoms with Crippen LogP contribution in [0.4, 0.5) is 10.1 Å². The Bertz CT molecular complexity index is 912. The van der Waals surface area contributed by atoms with E-state index in [0.29, 0.717) is 22.9 Å². The van der Waals surface area contributed by atoms with E-state index in [1.54, 1.807) is 19.9 Å². The molecule has 0 saturated carbocycles. The van der Waals surface area contributed by atoms with Gasteiger partial charge in [0.25, 0.3) is 11.1 Å². The number of rotatable bonds is 5. The maximum Gasteiger partial charge on any atom is 0.277 e. The first kappa shape index (κ1) is 17.5. The van der Waals surface area contributed by atoms with Crippen molar-refractivity contribution in [2.75, 3.05) is 5.32 Å². The number of carbonyl (C=O) groups excluding carboxylic acids is 1. The Morgan fingerprint density at radius 2 is 2.16 bits per heavy atom. The minimum Gasteiger partial charge on any atom is -0.469 e. The van der Waals surface area contributed by atoms with E-state index in [1.165, 1.54) is 24.5 Å². The first-order valence-corrected chi connectivity index (χ1v) is 8.50. The monoisotopic (exact) mass is 381 g/mol. The lowest BCUT2D eigenvalue weighted by molar-refractivity contribution is -0.115. The van der Waals surface area contributed by atoms with Crippen molar-refractivity contribution in [2.45, 2.75) is 24.3 Å². The number of thioether (sulfide) groups is 1. The van der Waals surface area contributed by atoms with E-state index in [4.69, 9.17) is 20.4 Å². The molecular formula is C16H13ClFN3O3S. The molecule has 0 saturated heterocycles. The van der Waals surface area contributed by atoms with Crippen molar-refractivity contribution in [3.05, 3.63) is 47.1 Å². The van der Waals surface area contributed by atoms with Gasteiger partial charge in [-0.25, -0.2) is 4.39 Å². The molecule has 2 aromatic heterocycles. The summed E-state index contributed by atoms with van der Waals surface area (Å²) in [7, 11) is 0. The maximum atomic E-state index is 13.1. The number of benzene rings is 1. The van der Waals surface area contributed by atoms with E-state index in [9.17, 15) is 9.18 Å². The predicted octanol–water partition coefficient (Wildman–Crippen LogP) is 4.55. The SMILES string of the molecule is Cc1occc1-c1nnc(SC(C)C(=O)Nc2ccc(F)c(Cl)c2)o1. The molecule has 0 fully saturated rings. The minimum absolute atomic E-state index is 0.0601. The van der Waals surface area contributed by atoms with Gasteiger partial charge in [-0.05, 0) is 38.1 Å². The third-order valence-corrected chi connectivity index (χ3v) is 4.55. The number of amides is 1. The van der Waals surface area contributed by atoms with E-state index in [1.807, 2.05) is 0 Å². The highest BCUT2D eigenvalue weighted by atomic mass is 35.5. The normalized spacial score (nSPS) is 12.2. The molecule has 1 unspecified atom stereocenters. The van der Waals surface area contributed by atoms with E-state index in [2.05, 4.69) is 15.5 Å². The van der Waals surface area contributed by atoms with Crippen LogP contribution in [-0.2, 0) is 4.79 Å². The zero-order valence-electron chi connectivity index (χ0n) is 13.2.